The largest absolute Gasteiger partial charge is 0.320 e. The van der Waals surface area contributed by atoms with Crippen molar-refractivity contribution >= 4 is 22.7 Å². The zero-order valence-corrected chi connectivity index (χ0v) is 8.84. The van der Waals surface area contributed by atoms with E-state index in [0.29, 0.717) is 0 Å². The van der Waals surface area contributed by atoms with Crippen molar-refractivity contribution in [3.63, 3.8) is 0 Å². The summed E-state index contributed by atoms with van der Waals surface area (Å²) in [7, 11) is 1.69. The Hall–Kier alpha value is -1.02. The number of fused-ring (bicyclic) bond motifs is 1. The first-order valence-corrected chi connectivity index (χ1v) is 5.11. The summed E-state index contributed by atoms with van der Waals surface area (Å²) in [6.07, 6.45) is 3.50. The number of anilines is 1. The molecule has 0 unspecified atom stereocenters. The number of carbonyl (C=O) groups is 1. The van der Waals surface area contributed by atoms with Crippen molar-refractivity contribution in [1.29, 1.82) is 0 Å². The minimum atomic E-state index is -0.442. The van der Waals surface area contributed by atoms with Crippen molar-refractivity contribution in [3.05, 3.63) is 29.3 Å². The molecule has 0 heterocycles. The first-order valence-electron chi connectivity index (χ1n) is 4.73. The van der Waals surface area contributed by atoms with E-state index in [1.54, 1.807) is 7.05 Å². The van der Waals surface area contributed by atoms with Crippen LogP contribution in [0.2, 0.25) is 0 Å². The first-order chi connectivity index (χ1) is 6.68. The van der Waals surface area contributed by atoms with Gasteiger partial charge >= 0.3 is 5.37 Å². The smallest absolute Gasteiger partial charge is 0.302 e. The van der Waals surface area contributed by atoms with Crippen LogP contribution in [0, 0.1) is 0 Å². The zero-order valence-electron chi connectivity index (χ0n) is 8.09. The van der Waals surface area contributed by atoms with Crippen molar-refractivity contribution in [2.45, 2.75) is 19.3 Å². The maximum atomic E-state index is 10.9. The lowest BCUT2D eigenvalue weighted by atomic mass is 10.1. The van der Waals surface area contributed by atoms with Gasteiger partial charge in [0, 0.05) is 12.7 Å². The van der Waals surface area contributed by atoms with Gasteiger partial charge in [-0.3, -0.25) is 4.79 Å². The van der Waals surface area contributed by atoms with Gasteiger partial charge in [0.2, 0.25) is 0 Å². The summed E-state index contributed by atoms with van der Waals surface area (Å²) in [5.74, 6) is 0. The van der Waals surface area contributed by atoms with Gasteiger partial charge in [-0.1, -0.05) is 6.07 Å². The molecule has 1 aliphatic carbocycles. The fraction of sp³-hybridized carbons (Fsp3) is 0.364. The van der Waals surface area contributed by atoms with E-state index in [2.05, 4.69) is 12.1 Å². The molecule has 2 nitrogen and oxygen atoms in total. The molecule has 2 rings (SSSR count). The van der Waals surface area contributed by atoms with Crippen molar-refractivity contribution in [2.24, 2.45) is 0 Å². The van der Waals surface area contributed by atoms with Crippen LogP contribution in [-0.4, -0.2) is 12.4 Å². The van der Waals surface area contributed by atoms with Gasteiger partial charge in [0.1, 0.15) is 0 Å². The van der Waals surface area contributed by atoms with Crippen LogP contribution < -0.4 is 4.90 Å². The molecule has 0 atom stereocenters. The Morgan fingerprint density at radius 1 is 1.36 bits per heavy atom. The average Bonchev–Trinajstić information content (AvgIpc) is 2.62. The Balaban J connectivity index is 2.33. The normalized spacial score (nSPS) is 13.9. The molecule has 14 heavy (non-hydrogen) atoms. The summed E-state index contributed by atoms with van der Waals surface area (Å²) >= 11 is 5.40. The van der Waals surface area contributed by atoms with E-state index in [0.717, 1.165) is 18.5 Å². The third kappa shape index (κ3) is 1.62. The molecule has 1 aromatic carbocycles. The highest BCUT2D eigenvalue weighted by Crippen LogP contribution is 2.26. The molecule has 0 bridgehead atoms. The number of aryl methyl sites for hydroxylation is 2. The number of amides is 1. The van der Waals surface area contributed by atoms with Gasteiger partial charge in [0.25, 0.3) is 0 Å². The van der Waals surface area contributed by atoms with Crippen LogP contribution >= 0.6 is 11.6 Å². The molecule has 0 saturated carbocycles. The van der Waals surface area contributed by atoms with E-state index in [-0.39, 0.29) is 0 Å². The van der Waals surface area contributed by atoms with Crippen molar-refractivity contribution < 1.29 is 4.79 Å². The van der Waals surface area contributed by atoms with Crippen LogP contribution in [-0.2, 0) is 12.8 Å². The standard InChI is InChI=1S/C11H12ClNO/c1-13(11(12)14)10-6-5-8-3-2-4-9(8)7-10/h5-7H,2-4H2,1H3. The Morgan fingerprint density at radius 3 is 2.79 bits per heavy atom. The van der Waals surface area contributed by atoms with E-state index in [1.807, 2.05) is 6.07 Å². The Kier molecular flexibility index (Phi) is 2.46. The van der Waals surface area contributed by atoms with Gasteiger partial charge in [-0.15, -0.1) is 0 Å². The molecule has 0 aliphatic heterocycles. The van der Waals surface area contributed by atoms with Gasteiger partial charge in [-0.05, 0) is 54.1 Å². The van der Waals surface area contributed by atoms with Gasteiger partial charge in [-0.25, -0.2) is 0 Å². The number of rotatable bonds is 1. The second kappa shape index (κ2) is 3.62. The molecule has 0 radical (unpaired) electrons. The second-order valence-corrected chi connectivity index (χ2v) is 3.94. The number of hydrogen-bond donors (Lipinski definition) is 0. The second-order valence-electron chi connectivity index (χ2n) is 3.62. The SMILES string of the molecule is CN(C(=O)Cl)c1ccc2c(c1)CCC2. The van der Waals surface area contributed by atoms with Crippen LogP contribution in [0.1, 0.15) is 17.5 Å². The predicted octanol–water partition coefficient (Wildman–Crippen LogP) is 2.97. The first kappa shape index (κ1) is 9.53. The van der Waals surface area contributed by atoms with Crippen molar-refractivity contribution in [2.75, 3.05) is 11.9 Å². The number of carbonyl (C=O) groups excluding carboxylic acids is 1. The monoisotopic (exact) mass is 209 g/mol. The molecular formula is C11H12ClNO. The number of nitrogens with zero attached hydrogens (tertiary/aromatic N) is 1. The number of benzene rings is 1. The van der Waals surface area contributed by atoms with Crippen LogP contribution in [0.15, 0.2) is 18.2 Å². The average molecular weight is 210 g/mol. The molecule has 3 heteroatoms. The molecule has 0 saturated heterocycles. The van der Waals surface area contributed by atoms with E-state index >= 15 is 0 Å². The number of halogens is 1. The number of hydrogen-bond acceptors (Lipinski definition) is 1. The van der Waals surface area contributed by atoms with E-state index < -0.39 is 5.37 Å². The third-order valence-corrected chi connectivity index (χ3v) is 2.99. The predicted molar refractivity (Wildman–Crippen MR) is 58.1 cm³/mol. The Bertz CT molecular complexity index is 376. The molecule has 0 N–H and O–H groups in total. The van der Waals surface area contributed by atoms with Crippen molar-refractivity contribution in [1.82, 2.24) is 0 Å². The summed E-state index contributed by atoms with van der Waals surface area (Å²) < 4.78 is 0. The highest BCUT2D eigenvalue weighted by molar-refractivity contribution is 6.66. The minimum absolute atomic E-state index is 0.442. The third-order valence-electron chi connectivity index (χ3n) is 2.73. The molecule has 0 aromatic heterocycles. The molecule has 1 aliphatic rings. The van der Waals surface area contributed by atoms with Gasteiger partial charge in [0.05, 0.1) is 0 Å². The summed E-state index contributed by atoms with van der Waals surface area (Å²) in [6.45, 7) is 0. The fourth-order valence-corrected chi connectivity index (χ4v) is 1.97. The molecule has 0 fully saturated rings. The lowest BCUT2D eigenvalue weighted by molar-refractivity contribution is 0.265. The highest BCUT2D eigenvalue weighted by Gasteiger charge is 2.13. The zero-order chi connectivity index (χ0) is 10.1. The molecule has 74 valence electrons. The summed E-state index contributed by atoms with van der Waals surface area (Å²) in [5, 5.41) is -0.442. The molecule has 1 aromatic rings. The Labute approximate surface area is 88.5 Å². The van der Waals surface area contributed by atoms with Crippen LogP contribution in [0.5, 0.6) is 0 Å². The fourth-order valence-electron chi connectivity index (χ4n) is 1.87. The van der Waals surface area contributed by atoms with Crippen LogP contribution in [0.3, 0.4) is 0 Å². The molecule has 0 spiro atoms. The van der Waals surface area contributed by atoms with E-state index in [9.17, 15) is 4.79 Å². The molecular weight excluding hydrogens is 198 g/mol. The van der Waals surface area contributed by atoms with Gasteiger partial charge in [-0.2, -0.15) is 0 Å². The lowest BCUT2D eigenvalue weighted by Crippen LogP contribution is -2.19. The van der Waals surface area contributed by atoms with Crippen LogP contribution in [0.25, 0.3) is 0 Å². The highest BCUT2D eigenvalue weighted by atomic mass is 35.5. The Morgan fingerprint density at radius 2 is 2.07 bits per heavy atom. The summed E-state index contributed by atoms with van der Waals surface area (Å²) in [4.78, 5) is 12.4. The maximum Gasteiger partial charge on any atom is 0.320 e. The summed E-state index contributed by atoms with van der Waals surface area (Å²) in [5.41, 5.74) is 3.64. The van der Waals surface area contributed by atoms with Gasteiger partial charge < -0.3 is 4.90 Å². The van der Waals surface area contributed by atoms with Gasteiger partial charge in [0.15, 0.2) is 0 Å². The van der Waals surface area contributed by atoms with E-state index in [4.69, 9.17) is 11.6 Å². The lowest BCUT2D eigenvalue weighted by Gasteiger charge is -2.14. The maximum absolute atomic E-state index is 10.9. The van der Waals surface area contributed by atoms with Crippen LogP contribution in [0.4, 0.5) is 10.5 Å². The van der Waals surface area contributed by atoms with Crippen molar-refractivity contribution in [3.8, 4) is 0 Å². The molecule has 1 amide bonds. The topological polar surface area (TPSA) is 20.3 Å². The summed E-state index contributed by atoms with van der Waals surface area (Å²) in [6, 6.07) is 6.10. The van der Waals surface area contributed by atoms with E-state index in [1.165, 1.54) is 22.4 Å². The quantitative estimate of drug-likeness (QED) is 0.515. The minimum Gasteiger partial charge on any atom is -0.302 e.